The Kier molecular flexibility index (Phi) is 4.25. The van der Waals surface area contributed by atoms with Gasteiger partial charge in [-0.3, -0.25) is 4.79 Å². The highest BCUT2D eigenvalue weighted by atomic mass is 32.2. The molecule has 1 aromatic heterocycles. The molecule has 0 amide bonds. The maximum Gasteiger partial charge on any atom is 0.316 e. The van der Waals surface area contributed by atoms with Crippen LogP contribution >= 0.6 is 11.8 Å². The Hall–Kier alpha value is -1.10. The monoisotopic (exact) mass is 198 g/mol. The van der Waals surface area contributed by atoms with Crippen LogP contribution in [0.5, 0.6) is 0 Å². The Morgan fingerprint density at radius 1 is 1.69 bits per heavy atom. The van der Waals surface area contributed by atoms with Crippen LogP contribution in [-0.2, 0) is 9.53 Å². The molecule has 0 unspecified atom stereocenters. The number of esters is 1. The van der Waals surface area contributed by atoms with Crippen molar-refractivity contribution in [1.29, 1.82) is 0 Å². The molecule has 0 N–H and O–H groups in total. The minimum absolute atomic E-state index is 0.217. The van der Waals surface area contributed by atoms with E-state index >= 15 is 0 Å². The second kappa shape index (κ2) is 5.53. The van der Waals surface area contributed by atoms with Gasteiger partial charge in [0.2, 0.25) is 0 Å². The molecular formula is C8H10N2O2S. The van der Waals surface area contributed by atoms with Gasteiger partial charge in [-0.05, 0) is 13.0 Å². The van der Waals surface area contributed by atoms with E-state index in [4.69, 9.17) is 4.74 Å². The van der Waals surface area contributed by atoms with Gasteiger partial charge >= 0.3 is 5.97 Å². The van der Waals surface area contributed by atoms with E-state index in [0.29, 0.717) is 12.4 Å². The third kappa shape index (κ3) is 3.89. The fraction of sp³-hybridized carbons (Fsp3) is 0.375. The van der Waals surface area contributed by atoms with Crippen LogP contribution in [0.4, 0.5) is 0 Å². The third-order valence-electron chi connectivity index (χ3n) is 1.20. The van der Waals surface area contributed by atoms with Crippen LogP contribution in [0.25, 0.3) is 0 Å². The Labute approximate surface area is 80.7 Å². The fourth-order valence-corrected chi connectivity index (χ4v) is 1.33. The normalized spacial score (nSPS) is 9.62. The van der Waals surface area contributed by atoms with Gasteiger partial charge < -0.3 is 4.74 Å². The van der Waals surface area contributed by atoms with E-state index in [-0.39, 0.29) is 5.97 Å². The predicted octanol–water partition coefficient (Wildman–Crippen LogP) is 1.13. The first kappa shape index (κ1) is 9.98. The van der Waals surface area contributed by atoms with Crippen LogP contribution < -0.4 is 0 Å². The topological polar surface area (TPSA) is 52.1 Å². The number of carbonyl (C=O) groups is 1. The number of aromatic nitrogens is 2. The third-order valence-corrected chi connectivity index (χ3v) is 2.12. The van der Waals surface area contributed by atoms with E-state index in [1.54, 1.807) is 19.2 Å². The Morgan fingerprint density at radius 2 is 2.54 bits per heavy atom. The molecule has 4 nitrogen and oxygen atoms in total. The van der Waals surface area contributed by atoms with Gasteiger partial charge in [0.15, 0.2) is 0 Å². The number of ether oxygens (including phenoxy) is 1. The van der Waals surface area contributed by atoms with Crippen molar-refractivity contribution in [3.05, 3.63) is 18.6 Å². The van der Waals surface area contributed by atoms with Gasteiger partial charge in [-0.1, -0.05) is 11.8 Å². The number of hydrogen-bond acceptors (Lipinski definition) is 5. The molecule has 0 fully saturated rings. The van der Waals surface area contributed by atoms with Crippen molar-refractivity contribution in [3.63, 3.8) is 0 Å². The average molecular weight is 198 g/mol. The van der Waals surface area contributed by atoms with Crippen molar-refractivity contribution in [1.82, 2.24) is 9.97 Å². The number of thioether (sulfide) groups is 1. The van der Waals surface area contributed by atoms with Crippen molar-refractivity contribution in [2.45, 2.75) is 11.9 Å². The van der Waals surface area contributed by atoms with Gasteiger partial charge in [0.1, 0.15) is 6.33 Å². The smallest absolute Gasteiger partial charge is 0.316 e. The molecule has 1 rings (SSSR count). The van der Waals surface area contributed by atoms with Crippen LogP contribution in [0.15, 0.2) is 23.6 Å². The molecule has 0 saturated heterocycles. The van der Waals surface area contributed by atoms with Gasteiger partial charge in [0, 0.05) is 6.20 Å². The van der Waals surface area contributed by atoms with E-state index in [0.717, 1.165) is 5.03 Å². The summed E-state index contributed by atoms with van der Waals surface area (Å²) in [6, 6.07) is 1.75. The predicted molar refractivity (Wildman–Crippen MR) is 49.4 cm³/mol. The first-order valence-corrected chi connectivity index (χ1v) is 4.86. The zero-order valence-electron chi connectivity index (χ0n) is 7.27. The van der Waals surface area contributed by atoms with Crippen LogP contribution in [0.2, 0.25) is 0 Å². The quantitative estimate of drug-likeness (QED) is 0.412. The standard InChI is InChI=1S/C8H10N2O2S/c1-2-12-8(11)5-13-7-3-4-9-6-10-7/h3-4,6H,2,5H2,1H3. The van der Waals surface area contributed by atoms with E-state index in [1.165, 1.54) is 18.1 Å². The molecule has 0 spiro atoms. The molecule has 1 aromatic rings. The van der Waals surface area contributed by atoms with Gasteiger partial charge in [-0.15, -0.1) is 0 Å². The summed E-state index contributed by atoms with van der Waals surface area (Å²) in [5.41, 5.74) is 0. The average Bonchev–Trinajstić information content (AvgIpc) is 2.17. The summed E-state index contributed by atoms with van der Waals surface area (Å²) < 4.78 is 4.76. The van der Waals surface area contributed by atoms with Gasteiger partial charge in [0.25, 0.3) is 0 Å². The molecule has 5 heteroatoms. The number of nitrogens with zero attached hydrogens (tertiary/aromatic N) is 2. The minimum Gasteiger partial charge on any atom is -0.465 e. The van der Waals surface area contributed by atoms with Crippen molar-refractivity contribution in [3.8, 4) is 0 Å². The highest BCUT2D eigenvalue weighted by Crippen LogP contribution is 2.12. The summed E-state index contributed by atoms with van der Waals surface area (Å²) >= 11 is 1.34. The Balaban J connectivity index is 2.31. The molecule has 0 aromatic carbocycles. The van der Waals surface area contributed by atoms with Crippen molar-refractivity contribution >= 4 is 17.7 Å². The molecule has 0 radical (unpaired) electrons. The highest BCUT2D eigenvalue weighted by molar-refractivity contribution is 7.99. The molecule has 1 heterocycles. The van der Waals surface area contributed by atoms with Crippen LogP contribution in [0.1, 0.15) is 6.92 Å². The number of carbonyl (C=O) groups excluding carboxylic acids is 1. The molecule has 0 saturated carbocycles. The summed E-state index contributed by atoms with van der Waals surface area (Å²) in [6.07, 6.45) is 3.09. The Bertz CT molecular complexity index is 266. The van der Waals surface area contributed by atoms with E-state index < -0.39 is 0 Å². The first-order chi connectivity index (χ1) is 6.33. The van der Waals surface area contributed by atoms with Crippen molar-refractivity contribution in [2.75, 3.05) is 12.4 Å². The zero-order valence-corrected chi connectivity index (χ0v) is 8.08. The molecule has 0 aliphatic carbocycles. The van der Waals surface area contributed by atoms with Gasteiger partial charge in [-0.25, -0.2) is 9.97 Å². The summed E-state index contributed by atoms with van der Waals surface area (Å²) in [7, 11) is 0. The molecule has 0 aliphatic rings. The fourth-order valence-electron chi connectivity index (χ4n) is 0.699. The largest absolute Gasteiger partial charge is 0.465 e. The number of hydrogen-bond donors (Lipinski definition) is 0. The van der Waals surface area contributed by atoms with Crippen molar-refractivity contribution < 1.29 is 9.53 Å². The molecule has 0 atom stereocenters. The van der Waals surface area contributed by atoms with E-state index in [9.17, 15) is 4.79 Å². The molecule has 70 valence electrons. The number of rotatable bonds is 4. The summed E-state index contributed by atoms with van der Waals surface area (Å²) in [5, 5.41) is 0.781. The van der Waals surface area contributed by atoms with Crippen LogP contribution in [0.3, 0.4) is 0 Å². The lowest BCUT2D eigenvalue weighted by molar-refractivity contribution is -0.139. The van der Waals surface area contributed by atoms with E-state index in [1.807, 2.05) is 0 Å². The van der Waals surface area contributed by atoms with Crippen molar-refractivity contribution in [2.24, 2.45) is 0 Å². The van der Waals surface area contributed by atoms with Crippen LogP contribution in [-0.4, -0.2) is 28.3 Å². The molecule has 13 heavy (non-hydrogen) atoms. The molecule has 0 aliphatic heterocycles. The summed E-state index contributed by atoms with van der Waals surface area (Å²) in [5.74, 6) is 0.0799. The molecule has 0 bridgehead atoms. The van der Waals surface area contributed by atoms with E-state index in [2.05, 4.69) is 9.97 Å². The van der Waals surface area contributed by atoms with Gasteiger partial charge in [-0.2, -0.15) is 0 Å². The second-order valence-electron chi connectivity index (χ2n) is 2.14. The zero-order chi connectivity index (χ0) is 9.52. The molecular weight excluding hydrogens is 188 g/mol. The maximum absolute atomic E-state index is 10.9. The second-order valence-corrected chi connectivity index (χ2v) is 3.14. The lowest BCUT2D eigenvalue weighted by atomic mass is 10.7. The maximum atomic E-state index is 10.9. The summed E-state index contributed by atoms with van der Waals surface area (Å²) in [4.78, 5) is 18.7. The lowest BCUT2D eigenvalue weighted by Gasteiger charge is -2.00. The SMILES string of the molecule is CCOC(=O)CSc1ccncn1. The first-order valence-electron chi connectivity index (χ1n) is 3.87. The lowest BCUT2D eigenvalue weighted by Crippen LogP contribution is -2.06. The summed E-state index contributed by atoms with van der Waals surface area (Å²) in [6.45, 7) is 2.20. The highest BCUT2D eigenvalue weighted by Gasteiger charge is 2.02. The Morgan fingerprint density at radius 3 is 3.15 bits per heavy atom. The van der Waals surface area contributed by atoms with Crippen LogP contribution in [0, 0.1) is 0 Å². The minimum atomic E-state index is -0.217. The van der Waals surface area contributed by atoms with Gasteiger partial charge in [0.05, 0.1) is 17.4 Å².